The Labute approximate surface area is 221 Å². The van der Waals surface area contributed by atoms with E-state index in [-0.39, 0.29) is 17.6 Å². The second-order valence-corrected chi connectivity index (χ2v) is 9.69. The fourth-order valence-corrected chi connectivity index (χ4v) is 5.57. The number of rotatable bonds is 5. The zero-order chi connectivity index (χ0) is 26.1. The number of para-hydroxylation sites is 2. The molecule has 0 saturated carbocycles. The van der Waals surface area contributed by atoms with E-state index < -0.39 is 6.04 Å². The molecule has 0 spiro atoms. The highest BCUT2D eigenvalue weighted by molar-refractivity contribution is 6.30. The van der Waals surface area contributed by atoms with Gasteiger partial charge in [0.25, 0.3) is 0 Å². The molecule has 1 heterocycles. The Bertz CT molecular complexity index is 1400. The Balaban J connectivity index is 1.72. The van der Waals surface area contributed by atoms with Crippen LogP contribution in [0, 0.1) is 0 Å². The van der Waals surface area contributed by atoms with Gasteiger partial charge in [-0.3, -0.25) is 14.5 Å². The number of Topliss-reactive ketones (excluding diaryl/α,β-unsaturated/α-hetero) is 1. The molecular formula is C30H29ClN2O4. The second-order valence-electron chi connectivity index (χ2n) is 9.25. The highest BCUT2D eigenvalue weighted by Crippen LogP contribution is 2.48. The Morgan fingerprint density at radius 1 is 0.973 bits per heavy atom. The summed E-state index contributed by atoms with van der Waals surface area (Å²) in [7, 11) is 3.16. The molecule has 3 aromatic rings. The van der Waals surface area contributed by atoms with Crippen LogP contribution >= 0.6 is 11.6 Å². The van der Waals surface area contributed by atoms with Crippen LogP contribution in [0.2, 0.25) is 5.02 Å². The van der Waals surface area contributed by atoms with Gasteiger partial charge >= 0.3 is 0 Å². The molecule has 7 heteroatoms. The summed E-state index contributed by atoms with van der Waals surface area (Å²) in [4.78, 5) is 29.3. The molecule has 0 bridgehead atoms. The summed E-state index contributed by atoms with van der Waals surface area (Å²) in [6, 6.07) is 20.3. The van der Waals surface area contributed by atoms with E-state index in [0.29, 0.717) is 41.4 Å². The van der Waals surface area contributed by atoms with Gasteiger partial charge < -0.3 is 14.8 Å². The van der Waals surface area contributed by atoms with Crippen LogP contribution in [0.4, 0.5) is 11.4 Å². The number of carbonyl (C=O) groups excluding carboxylic acids is 2. The summed E-state index contributed by atoms with van der Waals surface area (Å²) >= 11 is 6.28. The van der Waals surface area contributed by atoms with Gasteiger partial charge in [0.2, 0.25) is 5.91 Å². The number of benzene rings is 3. The van der Waals surface area contributed by atoms with E-state index in [1.165, 1.54) is 0 Å². The molecule has 1 aliphatic heterocycles. The average molecular weight is 517 g/mol. The number of methoxy groups -OCH3 is 2. The van der Waals surface area contributed by atoms with Crippen molar-refractivity contribution < 1.29 is 19.1 Å². The Morgan fingerprint density at radius 2 is 1.76 bits per heavy atom. The minimum Gasteiger partial charge on any atom is -0.493 e. The number of anilines is 2. The third-order valence-corrected chi connectivity index (χ3v) is 7.34. The number of nitrogens with zero attached hydrogens (tertiary/aromatic N) is 1. The van der Waals surface area contributed by atoms with Gasteiger partial charge in [-0.05, 0) is 59.9 Å². The first-order valence-electron chi connectivity index (χ1n) is 12.4. The van der Waals surface area contributed by atoms with E-state index in [1.54, 1.807) is 19.1 Å². The molecule has 2 atom stereocenters. The smallest absolute Gasteiger partial charge is 0.227 e. The first-order valence-corrected chi connectivity index (χ1v) is 12.7. The van der Waals surface area contributed by atoms with Gasteiger partial charge in [0.15, 0.2) is 17.3 Å². The second kappa shape index (κ2) is 10.3. The van der Waals surface area contributed by atoms with Gasteiger partial charge in [0.1, 0.15) is 0 Å². The standard InChI is InChI=1S/C30H29ClN2O4/c1-4-28(35)33-24-11-6-5-10-22(24)32-23-15-20(18-8-7-9-21(31)14-18)16-25(34)29(23)30(33)19-12-13-26(36-2)27(17-19)37-3/h5-14,17,20,30,32H,4,15-16H2,1-3H3/t20-,30+/m1/s1. The fraction of sp³-hybridized carbons (Fsp3) is 0.267. The molecule has 0 saturated heterocycles. The first-order chi connectivity index (χ1) is 17.9. The van der Waals surface area contributed by atoms with Crippen LogP contribution in [0.25, 0.3) is 0 Å². The van der Waals surface area contributed by atoms with E-state index >= 15 is 0 Å². The van der Waals surface area contributed by atoms with Crippen molar-refractivity contribution in [2.75, 3.05) is 24.4 Å². The number of hydrogen-bond acceptors (Lipinski definition) is 5. The van der Waals surface area contributed by atoms with Crippen LogP contribution in [-0.4, -0.2) is 25.9 Å². The van der Waals surface area contributed by atoms with Gasteiger partial charge in [-0.15, -0.1) is 0 Å². The number of amides is 1. The number of fused-ring (bicyclic) bond motifs is 1. The lowest BCUT2D eigenvalue weighted by Crippen LogP contribution is -2.38. The van der Waals surface area contributed by atoms with Crippen LogP contribution in [0.3, 0.4) is 0 Å². The molecule has 6 nitrogen and oxygen atoms in total. The van der Waals surface area contributed by atoms with E-state index in [2.05, 4.69) is 5.32 Å². The van der Waals surface area contributed by atoms with Crippen molar-refractivity contribution in [2.24, 2.45) is 0 Å². The highest BCUT2D eigenvalue weighted by Gasteiger charge is 2.41. The number of allylic oxidation sites excluding steroid dienone is 1. The lowest BCUT2D eigenvalue weighted by atomic mass is 9.78. The molecule has 0 radical (unpaired) electrons. The van der Waals surface area contributed by atoms with Gasteiger partial charge in [-0.2, -0.15) is 0 Å². The molecule has 37 heavy (non-hydrogen) atoms. The van der Waals surface area contributed by atoms with Crippen molar-refractivity contribution in [1.82, 2.24) is 0 Å². The number of hydrogen-bond donors (Lipinski definition) is 1. The van der Waals surface area contributed by atoms with Crippen molar-refractivity contribution >= 4 is 34.7 Å². The lowest BCUT2D eigenvalue weighted by Gasteiger charge is -2.35. The first kappa shape index (κ1) is 24.9. The monoisotopic (exact) mass is 516 g/mol. The molecule has 190 valence electrons. The van der Waals surface area contributed by atoms with E-state index in [0.717, 1.165) is 28.2 Å². The van der Waals surface area contributed by atoms with Crippen molar-refractivity contribution in [2.45, 2.75) is 38.1 Å². The number of ketones is 1. The van der Waals surface area contributed by atoms with Crippen molar-refractivity contribution in [3.63, 3.8) is 0 Å². The van der Waals surface area contributed by atoms with E-state index in [1.807, 2.05) is 73.7 Å². The maximum Gasteiger partial charge on any atom is 0.227 e. The summed E-state index contributed by atoms with van der Waals surface area (Å²) < 4.78 is 11.0. The molecule has 1 amide bonds. The summed E-state index contributed by atoms with van der Waals surface area (Å²) in [5.41, 5.74) is 4.74. The zero-order valence-electron chi connectivity index (χ0n) is 21.1. The van der Waals surface area contributed by atoms with Gasteiger partial charge in [0, 0.05) is 29.1 Å². The Hall–Kier alpha value is -3.77. The SMILES string of the molecule is CCC(=O)N1c2ccccc2NC2=C(C(=O)C[C@H](c3cccc(Cl)c3)C2)[C@@H]1c1ccc(OC)c(OC)c1. The van der Waals surface area contributed by atoms with E-state index in [9.17, 15) is 9.59 Å². The molecular weight excluding hydrogens is 488 g/mol. The van der Waals surface area contributed by atoms with Gasteiger partial charge in [0.05, 0.1) is 31.6 Å². The summed E-state index contributed by atoms with van der Waals surface area (Å²) in [5, 5.41) is 4.19. The van der Waals surface area contributed by atoms with Crippen LogP contribution in [0.1, 0.15) is 49.3 Å². The minimum absolute atomic E-state index is 0.000203. The summed E-state index contributed by atoms with van der Waals surface area (Å²) in [5.74, 6) is 1.02. The maximum atomic E-state index is 14.0. The quantitative estimate of drug-likeness (QED) is 0.410. The predicted molar refractivity (Wildman–Crippen MR) is 146 cm³/mol. The lowest BCUT2D eigenvalue weighted by molar-refractivity contribution is -0.119. The molecule has 5 rings (SSSR count). The molecule has 0 unspecified atom stereocenters. The van der Waals surface area contributed by atoms with Crippen molar-refractivity contribution in [1.29, 1.82) is 0 Å². The van der Waals surface area contributed by atoms with Crippen LogP contribution in [0.5, 0.6) is 11.5 Å². The fourth-order valence-electron chi connectivity index (χ4n) is 5.37. The predicted octanol–water partition coefficient (Wildman–Crippen LogP) is 6.67. The summed E-state index contributed by atoms with van der Waals surface area (Å²) in [6.07, 6.45) is 1.24. The molecule has 0 fully saturated rings. The van der Waals surface area contributed by atoms with Gasteiger partial charge in [-0.25, -0.2) is 0 Å². The summed E-state index contributed by atoms with van der Waals surface area (Å²) in [6.45, 7) is 1.84. The third kappa shape index (κ3) is 4.58. The maximum absolute atomic E-state index is 14.0. The molecule has 3 aromatic carbocycles. The number of halogens is 1. The largest absolute Gasteiger partial charge is 0.493 e. The highest BCUT2D eigenvalue weighted by atomic mass is 35.5. The van der Waals surface area contributed by atoms with E-state index in [4.69, 9.17) is 21.1 Å². The topological polar surface area (TPSA) is 67.9 Å². The van der Waals surface area contributed by atoms with Crippen LogP contribution in [-0.2, 0) is 9.59 Å². The number of ether oxygens (including phenoxy) is 2. The molecule has 0 aromatic heterocycles. The van der Waals surface area contributed by atoms with Gasteiger partial charge in [-0.1, -0.05) is 48.9 Å². The molecule has 1 aliphatic carbocycles. The van der Waals surface area contributed by atoms with Crippen LogP contribution in [0.15, 0.2) is 78.0 Å². The Kier molecular flexibility index (Phi) is 6.94. The number of nitrogens with one attached hydrogen (secondary N) is 1. The molecule has 1 N–H and O–H groups in total. The third-order valence-electron chi connectivity index (χ3n) is 7.10. The average Bonchev–Trinajstić information content (AvgIpc) is 3.06. The minimum atomic E-state index is -0.619. The molecule has 2 aliphatic rings. The number of carbonyl (C=O) groups is 2. The van der Waals surface area contributed by atoms with Crippen LogP contribution < -0.4 is 19.7 Å². The zero-order valence-corrected chi connectivity index (χ0v) is 21.8. The van der Waals surface area contributed by atoms with Crippen molar-refractivity contribution in [3.8, 4) is 11.5 Å². The van der Waals surface area contributed by atoms with Crippen molar-refractivity contribution in [3.05, 3.63) is 94.1 Å². The Morgan fingerprint density at radius 3 is 2.49 bits per heavy atom. The normalized spacial score (nSPS) is 18.9.